The third kappa shape index (κ3) is 7.65. The maximum atomic E-state index is 5.56. The van der Waals surface area contributed by atoms with E-state index in [2.05, 4.69) is 152 Å². The maximum Gasteiger partial charge on any atom is 0.163 e. The molecule has 0 saturated heterocycles. The summed E-state index contributed by atoms with van der Waals surface area (Å²) in [7, 11) is 0. The molecular weight excluding hydrogens is 705 g/mol. The van der Waals surface area contributed by atoms with Crippen LogP contribution in [0.25, 0.3) is 28.1 Å². The number of rotatable bonds is 8. The van der Waals surface area contributed by atoms with Gasteiger partial charge in [-0.15, -0.1) is 0 Å². The monoisotopic (exact) mass is 756 g/mol. The lowest BCUT2D eigenvalue weighted by Gasteiger charge is -2.28. The largest absolute Gasteiger partial charge is 0.252 e. The van der Waals surface area contributed by atoms with Crippen molar-refractivity contribution in [3.05, 3.63) is 197 Å². The second kappa shape index (κ2) is 16.6. The van der Waals surface area contributed by atoms with Gasteiger partial charge in [-0.2, -0.15) is 0 Å². The van der Waals surface area contributed by atoms with E-state index in [1.165, 1.54) is 64.1 Å². The highest BCUT2D eigenvalue weighted by molar-refractivity contribution is 5.86. The van der Waals surface area contributed by atoms with E-state index in [1.54, 1.807) is 0 Å². The molecule has 0 aliphatic heterocycles. The first-order chi connectivity index (χ1) is 28.7. The van der Waals surface area contributed by atoms with Crippen molar-refractivity contribution in [1.82, 2.24) is 19.9 Å². The molecule has 2 heterocycles. The molecule has 0 amide bonds. The van der Waals surface area contributed by atoms with Gasteiger partial charge < -0.3 is 0 Å². The first kappa shape index (κ1) is 36.6. The SMILES string of the molecule is C1=CCC(c2ccc(-c3nc(C4=CCC(c5ccccc5)C=C4)nc(C4CC=C(c5ccc(C6CC=CCC6)nc5C5=C6C=CCCC6CC=C5)CC4)n3)cc2)C=C1. The van der Waals surface area contributed by atoms with E-state index in [1.807, 2.05) is 0 Å². The molecule has 5 unspecified atom stereocenters. The van der Waals surface area contributed by atoms with Crippen LogP contribution in [0.2, 0.25) is 0 Å². The Morgan fingerprint density at radius 3 is 2.14 bits per heavy atom. The van der Waals surface area contributed by atoms with Crippen molar-refractivity contribution in [2.45, 2.75) is 94.3 Å². The number of aromatic nitrogens is 4. The van der Waals surface area contributed by atoms with E-state index >= 15 is 0 Å². The summed E-state index contributed by atoms with van der Waals surface area (Å²) in [5.41, 5.74) is 12.7. The third-order valence-corrected chi connectivity index (χ3v) is 13.2. The molecule has 4 aromatic rings. The highest BCUT2D eigenvalue weighted by atomic mass is 15.0. The Kier molecular flexibility index (Phi) is 10.5. The fraction of sp³-hybridized carbons (Fsp3) is 0.296. The van der Waals surface area contributed by atoms with E-state index < -0.39 is 0 Å². The van der Waals surface area contributed by atoms with Gasteiger partial charge in [-0.3, -0.25) is 4.98 Å². The Hall–Kier alpha value is -5.74. The lowest BCUT2D eigenvalue weighted by atomic mass is 9.78. The number of fused-ring (bicyclic) bond motifs is 1. The van der Waals surface area contributed by atoms with Gasteiger partial charge in [0.05, 0.1) is 5.69 Å². The molecule has 5 atom stereocenters. The molecule has 6 aliphatic rings. The molecule has 0 N–H and O–H groups in total. The summed E-state index contributed by atoms with van der Waals surface area (Å²) in [6.07, 6.45) is 44.0. The highest BCUT2D eigenvalue weighted by Crippen LogP contribution is 2.43. The Labute approximate surface area is 344 Å². The number of hydrogen-bond donors (Lipinski definition) is 0. The number of pyridine rings is 1. The zero-order chi connectivity index (χ0) is 38.7. The fourth-order valence-corrected chi connectivity index (χ4v) is 9.83. The van der Waals surface area contributed by atoms with Crippen molar-refractivity contribution in [3.8, 4) is 11.4 Å². The maximum absolute atomic E-state index is 5.56. The Balaban J connectivity index is 0.978. The van der Waals surface area contributed by atoms with Crippen LogP contribution >= 0.6 is 0 Å². The van der Waals surface area contributed by atoms with Crippen molar-refractivity contribution >= 4 is 16.7 Å². The van der Waals surface area contributed by atoms with Crippen LogP contribution in [0.15, 0.2) is 157 Å². The van der Waals surface area contributed by atoms with Gasteiger partial charge in [0, 0.05) is 51.6 Å². The van der Waals surface area contributed by atoms with E-state index in [4.69, 9.17) is 19.9 Å². The molecule has 0 saturated carbocycles. The molecular formula is C54H52N4. The second-order valence-electron chi connectivity index (χ2n) is 16.9. The van der Waals surface area contributed by atoms with E-state index in [0.717, 1.165) is 80.0 Å². The fourth-order valence-electron chi connectivity index (χ4n) is 9.83. The summed E-state index contributed by atoms with van der Waals surface area (Å²) < 4.78 is 0. The Bertz CT molecular complexity index is 2450. The van der Waals surface area contributed by atoms with Gasteiger partial charge in [0.2, 0.25) is 0 Å². The topological polar surface area (TPSA) is 51.6 Å². The molecule has 2 aromatic heterocycles. The van der Waals surface area contributed by atoms with Gasteiger partial charge >= 0.3 is 0 Å². The zero-order valence-electron chi connectivity index (χ0n) is 33.4. The smallest absolute Gasteiger partial charge is 0.163 e. The van der Waals surface area contributed by atoms with Crippen molar-refractivity contribution in [3.63, 3.8) is 0 Å². The Morgan fingerprint density at radius 1 is 0.517 bits per heavy atom. The molecule has 10 rings (SSSR count). The first-order valence-electron chi connectivity index (χ1n) is 21.8. The van der Waals surface area contributed by atoms with E-state index in [-0.39, 0.29) is 5.92 Å². The number of nitrogens with zero attached hydrogens (tertiary/aromatic N) is 4. The minimum atomic E-state index is 0.208. The van der Waals surface area contributed by atoms with Crippen LogP contribution in [0.1, 0.15) is 134 Å². The average molecular weight is 757 g/mol. The molecule has 0 radical (unpaired) electrons. The van der Waals surface area contributed by atoms with Crippen LogP contribution in [-0.2, 0) is 0 Å². The predicted octanol–water partition coefficient (Wildman–Crippen LogP) is 13.5. The normalized spacial score (nSPS) is 25.1. The van der Waals surface area contributed by atoms with E-state index in [0.29, 0.717) is 23.7 Å². The summed E-state index contributed by atoms with van der Waals surface area (Å²) >= 11 is 0. The minimum Gasteiger partial charge on any atom is -0.252 e. The summed E-state index contributed by atoms with van der Waals surface area (Å²) in [5.74, 6) is 4.48. The molecule has 0 bridgehead atoms. The summed E-state index contributed by atoms with van der Waals surface area (Å²) in [5, 5.41) is 0. The highest BCUT2D eigenvalue weighted by Gasteiger charge is 2.28. The van der Waals surface area contributed by atoms with Crippen LogP contribution in [-0.4, -0.2) is 19.9 Å². The lowest BCUT2D eigenvalue weighted by Crippen LogP contribution is -2.15. The van der Waals surface area contributed by atoms with Crippen molar-refractivity contribution in [2.75, 3.05) is 0 Å². The van der Waals surface area contributed by atoms with Crippen LogP contribution in [0.5, 0.6) is 0 Å². The van der Waals surface area contributed by atoms with Crippen molar-refractivity contribution in [2.24, 2.45) is 5.92 Å². The van der Waals surface area contributed by atoms with Gasteiger partial charge in [-0.1, -0.05) is 146 Å². The first-order valence-corrected chi connectivity index (χ1v) is 21.8. The van der Waals surface area contributed by atoms with Gasteiger partial charge in [-0.25, -0.2) is 15.0 Å². The van der Waals surface area contributed by atoms with Crippen LogP contribution in [0, 0.1) is 5.92 Å². The lowest BCUT2D eigenvalue weighted by molar-refractivity contribution is 0.567. The van der Waals surface area contributed by atoms with Gasteiger partial charge in [0.15, 0.2) is 11.6 Å². The van der Waals surface area contributed by atoms with Gasteiger partial charge in [0.1, 0.15) is 5.82 Å². The summed E-state index contributed by atoms with van der Waals surface area (Å²) in [6.45, 7) is 0. The summed E-state index contributed by atoms with van der Waals surface area (Å²) in [4.78, 5) is 21.2. The van der Waals surface area contributed by atoms with Crippen molar-refractivity contribution in [1.29, 1.82) is 0 Å². The molecule has 288 valence electrons. The minimum absolute atomic E-state index is 0.208. The van der Waals surface area contributed by atoms with Crippen LogP contribution in [0.4, 0.5) is 0 Å². The molecule has 6 aliphatic carbocycles. The third-order valence-electron chi connectivity index (χ3n) is 13.2. The molecule has 0 spiro atoms. The molecule has 0 fully saturated rings. The number of benzene rings is 2. The number of hydrogen-bond acceptors (Lipinski definition) is 4. The molecule has 58 heavy (non-hydrogen) atoms. The second-order valence-corrected chi connectivity index (χ2v) is 16.9. The quantitative estimate of drug-likeness (QED) is 0.168. The number of allylic oxidation sites excluding steroid dienone is 18. The van der Waals surface area contributed by atoms with Gasteiger partial charge in [0.25, 0.3) is 0 Å². The summed E-state index contributed by atoms with van der Waals surface area (Å²) in [6, 6.07) is 24.4. The zero-order valence-corrected chi connectivity index (χ0v) is 33.4. The van der Waals surface area contributed by atoms with Crippen LogP contribution < -0.4 is 0 Å². The predicted molar refractivity (Wildman–Crippen MR) is 239 cm³/mol. The van der Waals surface area contributed by atoms with Crippen molar-refractivity contribution < 1.29 is 0 Å². The molecule has 4 heteroatoms. The molecule has 4 nitrogen and oxygen atoms in total. The Morgan fingerprint density at radius 2 is 1.34 bits per heavy atom. The van der Waals surface area contributed by atoms with Gasteiger partial charge in [-0.05, 0) is 105 Å². The molecule has 2 aromatic carbocycles. The van der Waals surface area contributed by atoms with Crippen LogP contribution in [0.3, 0.4) is 0 Å². The average Bonchev–Trinajstić information content (AvgIpc) is 3.32. The standard InChI is InChI=1S/C54H52N4/c1-4-13-37(14-5-1)39-23-29-44(30-24-39)52-56-53(45-31-25-40(26-32-45)38-15-6-2-7-16-38)58-54(57-52)46-33-27-42(28-34-46)48-35-36-50(43-18-8-3-9-19-43)55-51(48)49-22-12-20-41-17-10-11-21-47(41)49/h1-8,11-15,21-23,25-27,29-32,35-36,38-39,41,43,46H,9-10,16-20,24,28,33-34H2. The van der Waals surface area contributed by atoms with E-state index in [9.17, 15) is 0 Å².